The Bertz CT molecular complexity index is 321. The average Bonchev–Trinajstić information content (AvgIpc) is 2.70. The van der Waals surface area contributed by atoms with Crippen molar-refractivity contribution in [2.75, 3.05) is 18.5 Å². The van der Waals surface area contributed by atoms with E-state index in [0.717, 1.165) is 31.6 Å². The van der Waals surface area contributed by atoms with Crippen LogP contribution in [0.25, 0.3) is 0 Å². The zero-order valence-electron chi connectivity index (χ0n) is 8.99. The summed E-state index contributed by atoms with van der Waals surface area (Å²) in [4.78, 5) is 17.0. The molecule has 15 heavy (non-hydrogen) atoms. The summed E-state index contributed by atoms with van der Waals surface area (Å²) in [5, 5.41) is 3.08. The molecule has 0 aliphatic carbocycles. The largest absolute Gasteiger partial charge is 0.348 e. The predicted octanol–water partition coefficient (Wildman–Crippen LogP) is 1.12. The molecule has 2 rings (SSSR count). The molecule has 2 N–H and O–H groups in total. The molecule has 1 fully saturated rings. The van der Waals surface area contributed by atoms with E-state index in [1.165, 1.54) is 0 Å². The molecule has 1 aliphatic rings. The highest BCUT2D eigenvalue weighted by molar-refractivity contribution is 5.96. The minimum atomic E-state index is -0.0317. The molecule has 1 aromatic heterocycles. The van der Waals surface area contributed by atoms with Gasteiger partial charge in [0.05, 0.1) is 6.04 Å². The number of aromatic amines is 1. The molecule has 0 aromatic carbocycles. The number of anilines is 1. The van der Waals surface area contributed by atoms with Gasteiger partial charge in [-0.05, 0) is 38.4 Å². The molecule has 1 atom stereocenters. The van der Waals surface area contributed by atoms with Gasteiger partial charge in [0, 0.05) is 12.7 Å². The molecule has 1 aromatic rings. The third kappa shape index (κ3) is 2.04. The summed E-state index contributed by atoms with van der Waals surface area (Å²) >= 11 is 0. The van der Waals surface area contributed by atoms with Gasteiger partial charge in [-0.3, -0.25) is 9.69 Å². The Balaban J connectivity index is 2.19. The van der Waals surface area contributed by atoms with Crippen molar-refractivity contribution in [2.45, 2.75) is 25.3 Å². The fourth-order valence-electron chi connectivity index (χ4n) is 2.04. The maximum absolute atomic E-state index is 12.1. The summed E-state index contributed by atoms with van der Waals surface area (Å²) < 4.78 is 0. The van der Waals surface area contributed by atoms with E-state index in [4.69, 9.17) is 0 Å². The predicted molar refractivity (Wildman–Crippen MR) is 59.8 cm³/mol. The first-order chi connectivity index (χ1) is 7.33. The molecule has 0 spiro atoms. The number of hydrogen-bond acceptors (Lipinski definition) is 2. The van der Waals surface area contributed by atoms with Crippen molar-refractivity contribution in [1.82, 2.24) is 10.3 Å². The maximum Gasteiger partial charge on any atom is 0.245 e. The molecule has 1 unspecified atom stereocenters. The van der Waals surface area contributed by atoms with Crippen molar-refractivity contribution in [3.05, 3.63) is 18.3 Å². The molecule has 4 nitrogen and oxygen atoms in total. The molecular formula is C11H17N3O. The summed E-state index contributed by atoms with van der Waals surface area (Å²) in [5.74, 6) is 1.08. The number of nitrogens with zero attached hydrogens (tertiary/aromatic N) is 1. The third-order valence-electron chi connectivity index (χ3n) is 2.91. The van der Waals surface area contributed by atoms with Gasteiger partial charge in [0.1, 0.15) is 5.82 Å². The SMILES string of the molecule is CNC1CCCCN(c2ccc[nH]2)C1=O. The van der Waals surface area contributed by atoms with Crippen molar-refractivity contribution in [1.29, 1.82) is 0 Å². The van der Waals surface area contributed by atoms with Gasteiger partial charge in [0.15, 0.2) is 0 Å². The van der Waals surface area contributed by atoms with E-state index in [0.29, 0.717) is 0 Å². The monoisotopic (exact) mass is 207 g/mol. The number of aromatic nitrogens is 1. The molecule has 1 amide bonds. The smallest absolute Gasteiger partial charge is 0.245 e. The van der Waals surface area contributed by atoms with Crippen molar-refractivity contribution in [2.24, 2.45) is 0 Å². The second kappa shape index (κ2) is 4.49. The van der Waals surface area contributed by atoms with Gasteiger partial charge in [0.2, 0.25) is 5.91 Å². The Morgan fingerprint density at radius 2 is 2.40 bits per heavy atom. The highest BCUT2D eigenvalue weighted by Crippen LogP contribution is 2.18. The summed E-state index contributed by atoms with van der Waals surface area (Å²) in [6.07, 6.45) is 4.96. The molecule has 2 heterocycles. The number of H-pyrrole nitrogens is 1. The fourth-order valence-corrected chi connectivity index (χ4v) is 2.04. The van der Waals surface area contributed by atoms with Crippen molar-refractivity contribution < 1.29 is 4.79 Å². The lowest BCUT2D eigenvalue weighted by atomic mass is 10.1. The molecule has 82 valence electrons. The maximum atomic E-state index is 12.1. The van der Waals surface area contributed by atoms with Gasteiger partial charge >= 0.3 is 0 Å². The number of likely N-dealkylation sites (N-methyl/N-ethyl adjacent to an activating group) is 1. The van der Waals surface area contributed by atoms with Crippen LogP contribution in [0.5, 0.6) is 0 Å². The van der Waals surface area contributed by atoms with Crippen LogP contribution in [0.1, 0.15) is 19.3 Å². The van der Waals surface area contributed by atoms with Gasteiger partial charge in [-0.25, -0.2) is 0 Å². The Labute approximate surface area is 89.7 Å². The van der Waals surface area contributed by atoms with Crippen LogP contribution in [0.15, 0.2) is 18.3 Å². The van der Waals surface area contributed by atoms with Crippen LogP contribution in [0.3, 0.4) is 0 Å². The Morgan fingerprint density at radius 3 is 3.07 bits per heavy atom. The molecule has 0 radical (unpaired) electrons. The number of amides is 1. The van der Waals surface area contributed by atoms with Crippen LogP contribution in [0.2, 0.25) is 0 Å². The first-order valence-electron chi connectivity index (χ1n) is 5.45. The number of carbonyl (C=O) groups excluding carboxylic acids is 1. The van der Waals surface area contributed by atoms with Crippen LogP contribution in [-0.4, -0.2) is 30.5 Å². The van der Waals surface area contributed by atoms with Crippen LogP contribution in [-0.2, 0) is 4.79 Å². The van der Waals surface area contributed by atoms with Crippen molar-refractivity contribution >= 4 is 11.7 Å². The van der Waals surface area contributed by atoms with E-state index in [-0.39, 0.29) is 11.9 Å². The molecular weight excluding hydrogens is 190 g/mol. The van der Waals surface area contributed by atoms with Gasteiger partial charge < -0.3 is 10.3 Å². The van der Waals surface area contributed by atoms with E-state index in [9.17, 15) is 4.79 Å². The molecule has 1 saturated heterocycles. The average molecular weight is 207 g/mol. The van der Waals surface area contributed by atoms with Crippen molar-refractivity contribution in [3.63, 3.8) is 0 Å². The summed E-state index contributed by atoms with van der Waals surface area (Å²) in [7, 11) is 1.85. The Morgan fingerprint density at radius 1 is 1.53 bits per heavy atom. The highest BCUT2D eigenvalue weighted by Gasteiger charge is 2.26. The number of hydrogen-bond donors (Lipinski definition) is 2. The fraction of sp³-hybridized carbons (Fsp3) is 0.545. The summed E-state index contributed by atoms with van der Waals surface area (Å²) in [6.45, 7) is 0.817. The van der Waals surface area contributed by atoms with E-state index in [1.54, 1.807) is 0 Å². The lowest BCUT2D eigenvalue weighted by Gasteiger charge is -2.22. The standard InChI is InChI=1S/C11H17N3O/c1-12-9-5-2-3-8-14(11(9)15)10-6-4-7-13-10/h4,6-7,9,12-13H,2-3,5,8H2,1H3. The van der Waals surface area contributed by atoms with Crippen LogP contribution in [0.4, 0.5) is 5.82 Å². The van der Waals surface area contributed by atoms with Crippen LogP contribution in [0, 0.1) is 0 Å². The summed E-state index contributed by atoms with van der Waals surface area (Å²) in [5.41, 5.74) is 0. The van der Waals surface area contributed by atoms with E-state index >= 15 is 0 Å². The Hall–Kier alpha value is -1.29. The zero-order valence-corrected chi connectivity index (χ0v) is 8.99. The van der Waals surface area contributed by atoms with Gasteiger partial charge in [0.25, 0.3) is 0 Å². The zero-order chi connectivity index (χ0) is 10.7. The first-order valence-corrected chi connectivity index (χ1v) is 5.45. The van der Waals surface area contributed by atoms with E-state index in [2.05, 4.69) is 10.3 Å². The number of carbonyl (C=O) groups is 1. The second-order valence-electron chi connectivity index (χ2n) is 3.88. The molecule has 0 saturated carbocycles. The second-order valence-corrected chi connectivity index (χ2v) is 3.88. The quantitative estimate of drug-likeness (QED) is 0.763. The lowest BCUT2D eigenvalue weighted by Crippen LogP contribution is -2.44. The number of nitrogens with one attached hydrogen (secondary N) is 2. The van der Waals surface area contributed by atoms with Crippen molar-refractivity contribution in [3.8, 4) is 0 Å². The van der Waals surface area contributed by atoms with Crippen LogP contribution >= 0.6 is 0 Å². The van der Waals surface area contributed by atoms with Gasteiger partial charge in [-0.15, -0.1) is 0 Å². The topological polar surface area (TPSA) is 48.1 Å². The lowest BCUT2D eigenvalue weighted by molar-refractivity contribution is -0.120. The number of rotatable bonds is 2. The van der Waals surface area contributed by atoms with E-state index < -0.39 is 0 Å². The molecule has 4 heteroatoms. The van der Waals surface area contributed by atoms with Crippen LogP contribution < -0.4 is 10.2 Å². The van der Waals surface area contributed by atoms with E-state index in [1.807, 2.05) is 30.3 Å². The minimum Gasteiger partial charge on any atom is -0.348 e. The normalized spacial score (nSPS) is 22.9. The van der Waals surface area contributed by atoms with Gasteiger partial charge in [-0.1, -0.05) is 0 Å². The Kier molecular flexibility index (Phi) is 3.06. The third-order valence-corrected chi connectivity index (χ3v) is 2.91. The first kappa shape index (κ1) is 10.2. The molecule has 0 bridgehead atoms. The van der Waals surface area contributed by atoms with Gasteiger partial charge in [-0.2, -0.15) is 0 Å². The highest BCUT2D eigenvalue weighted by atomic mass is 16.2. The minimum absolute atomic E-state index is 0.0317. The molecule has 1 aliphatic heterocycles. The summed E-state index contributed by atoms with van der Waals surface area (Å²) in [6, 6.07) is 3.83.